The van der Waals surface area contributed by atoms with Crippen molar-refractivity contribution in [3.63, 3.8) is 0 Å². The van der Waals surface area contributed by atoms with Crippen LogP contribution in [0, 0.1) is 0 Å². The van der Waals surface area contributed by atoms with E-state index in [0.29, 0.717) is 12.1 Å². The topological polar surface area (TPSA) is 38.7 Å². The molecule has 0 aliphatic heterocycles. The maximum absolute atomic E-state index is 12.3. The van der Waals surface area contributed by atoms with Crippen molar-refractivity contribution in [1.82, 2.24) is 0 Å². The molecular weight excluding hydrogens is 306 g/mol. The van der Waals surface area contributed by atoms with E-state index >= 15 is 0 Å². The maximum Gasteiger partial charge on any atom is 0.161 e. The summed E-state index contributed by atoms with van der Waals surface area (Å²) >= 11 is 1.51. The number of hydrogen-bond acceptors (Lipinski definition) is 4. The Morgan fingerprint density at radius 3 is 2.52 bits per heavy atom. The summed E-state index contributed by atoms with van der Waals surface area (Å²) < 4.78 is 0. The van der Waals surface area contributed by atoms with Crippen LogP contribution < -0.4 is 0 Å². The quantitative estimate of drug-likeness (QED) is 0.294. The number of benzene rings is 1. The van der Waals surface area contributed by atoms with E-state index in [0.717, 1.165) is 15.4 Å². The molecule has 0 aromatic heterocycles. The monoisotopic (exact) mass is 329 g/mol. The van der Waals surface area contributed by atoms with Crippen molar-refractivity contribution in [3.8, 4) is 0 Å². The minimum Gasteiger partial charge on any atom is -0.399 e. The Kier molecular flexibility index (Phi) is 8.76. The van der Waals surface area contributed by atoms with Crippen LogP contribution in [0.1, 0.15) is 26.3 Å². The predicted molar refractivity (Wildman–Crippen MR) is 99.5 cm³/mol. The maximum atomic E-state index is 12.3. The van der Waals surface area contributed by atoms with E-state index in [4.69, 9.17) is 4.84 Å². The van der Waals surface area contributed by atoms with Crippen LogP contribution in [0.2, 0.25) is 0 Å². The van der Waals surface area contributed by atoms with Gasteiger partial charge in [0.15, 0.2) is 5.78 Å². The molecule has 1 aromatic rings. The summed E-state index contributed by atoms with van der Waals surface area (Å²) in [5.74, 6) is 0.0419. The fraction of sp³-hybridized carbons (Fsp3) is 0.263. The summed E-state index contributed by atoms with van der Waals surface area (Å²) in [5, 5.41) is 3.96. The van der Waals surface area contributed by atoms with Crippen LogP contribution in [0.5, 0.6) is 0 Å². The van der Waals surface area contributed by atoms with Gasteiger partial charge in [0.05, 0.1) is 5.71 Å². The number of hydrogen-bond donors (Lipinski definition) is 0. The highest BCUT2D eigenvalue weighted by Crippen LogP contribution is 2.28. The van der Waals surface area contributed by atoms with Crippen LogP contribution in [-0.4, -0.2) is 18.6 Å². The van der Waals surface area contributed by atoms with Crippen molar-refractivity contribution in [2.75, 3.05) is 7.11 Å². The van der Waals surface area contributed by atoms with Crippen molar-refractivity contribution in [2.24, 2.45) is 5.16 Å². The Labute approximate surface area is 142 Å². The lowest BCUT2D eigenvalue weighted by atomic mass is 10.1. The van der Waals surface area contributed by atoms with E-state index in [1.54, 1.807) is 6.08 Å². The molecule has 0 saturated carbocycles. The molecule has 4 heteroatoms. The van der Waals surface area contributed by atoms with Crippen LogP contribution in [0.3, 0.4) is 0 Å². The minimum atomic E-state index is 0.0419. The van der Waals surface area contributed by atoms with E-state index in [2.05, 4.69) is 5.16 Å². The molecule has 23 heavy (non-hydrogen) atoms. The average Bonchev–Trinajstić information content (AvgIpc) is 2.54. The number of oxime groups is 1. The van der Waals surface area contributed by atoms with Gasteiger partial charge in [-0.05, 0) is 32.4 Å². The first-order chi connectivity index (χ1) is 11.1. The molecule has 0 aliphatic rings. The number of nitrogens with zero attached hydrogens (tertiary/aromatic N) is 1. The Hall–Kier alpha value is -2.07. The van der Waals surface area contributed by atoms with Crippen molar-refractivity contribution in [3.05, 3.63) is 70.0 Å². The zero-order chi connectivity index (χ0) is 17.1. The first-order valence-corrected chi connectivity index (χ1v) is 8.25. The summed E-state index contributed by atoms with van der Waals surface area (Å²) in [5.41, 5.74) is 1.68. The molecular formula is C19H23NO2S. The largest absolute Gasteiger partial charge is 0.399 e. The first-order valence-electron chi connectivity index (χ1n) is 7.44. The second kappa shape index (κ2) is 10.6. The fourth-order valence-electron chi connectivity index (χ4n) is 1.86. The fourth-order valence-corrected chi connectivity index (χ4v) is 2.82. The van der Waals surface area contributed by atoms with Gasteiger partial charge in [0, 0.05) is 16.2 Å². The average molecular weight is 329 g/mol. The van der Waals surface area contributed by atoms with Gasteiger partial charge < -0.3 is 4.84 Å². The van der Waals surface area contributed by atoms with Crippen LogP contribution in [0.4, 0.5) is 0 Å². The van der Waals surface area contributed by atoms with Gasteiger partial charge in [0.1, 0.15) is 7.11 Å². The molecule has 122 valence electrons. The summed E-state index contributed by atoms with van der Waals surface area (Å²) in [7, 11) is 1.50. The highest BCUT2D eigenvalue weighted by Gasteiger charge is 2.09. The Balaban J connectivity index is 2.98. The Morgan fingerprint density at radius 2 is 1.96 bits per heavy atom. The number of rotatable bonds is 8. The highest BCUT2D eigenvalue weighted by atomic mass is 32.2. The van der Waals surface area contributed by atoms with Gasteiger partial charge in [-0.25, -0.2) is 0 Å². The number of thioether (sulfide) groups is 1. The molecule has 0 unspecified atom stereocenters. The molecule has 0 saturated heterocycles. The molecule has 1 rings (SSSR count). The van der Waals surface area contributed by atoms with Gasteiger partial charge in [-0.1, -0.05) is 65.5 Å². The number of allylic oxidation sites excluding steroid dienone is 5. The van der Waals surface area contributed by atoms with E-state index in [-0.39, 0.29) is 5.78 Å². The smallest absolute Gasteiger partial charge is 0.161 e. The summed E-state index contributed by atoms with van der Waals surface area (Å²) in [6.45, 7) is 5.76. The Bertz CT molecular complexity index is 628. The molecule has 0 heterocycles. The zero-order valence-electron chi connectivity index (χ0n) is 14.1. The second-order valence-corrected chi connectivity index (χ2v) is 5.91. The van der Waals surface area contributed by atoms with Crippen molar-refractivity contribution < 1.29 is 9.63 Å². The highest BCUT2D eigenvalue weighted by molar-refractivity contribution is 8.07. The van der Waals surface area contributed by atoms with Gasteiger partial charge in [-0.2, -0.15) is 0 Å². The minimum absolute atomic E-state index is 0.0419. The summed E-state index contributed by atoms with van der Waals surface area (Å²) in [6.07, 6.45) is 7.98. The third-order valence-electron chi connectivity index (χ3n) is 2.94. The van der Waals surface area contributed by atoms with Gasteiger partial charge >= 0.3 is 0 Å². The van der Waals surface area contributed by atoms with Crippen LogP contribution in [0.25, 0.3) is 0 Å². The normalized spacial score (nSPS) is 13.5. The van der Waals surface area contributed by atoms with Gasteiger partial charge in [0.2, 0.25) is 0 Å². The molecule has 0 atom stereocenters. The lowest BCUT2D eigenvalue weighted by Gasteiger charge is -2.07. The van der Waals surface area contributed by atoms with Crippen LogP contribution in [-0.2, 0) is 16.1 Å². The van der Waals surface area contributed by atoms with E-state index in [9.17, 15) is 4.79 Å². The predicted octanol–water partition coefficient (Wildman–Crippen LogP) is 4.92. The molecule has 0 bridgehead atoms. The van der Waals surface area contributed by atoms with Gasteiger partial charge in [-0.15, -0.1) is 0 Å². The molecule has 1 aromatic carbocycles. The SMILES string of the molecule is C/C=C\C(=C/C)SC(=C\C(=O)Cc1ccccc1)/C(C)=N\OC. The third-order valence-corrected chi connectivity index (χ3v) is 4.18. The second-order valence-electron chi connectivity index (χ2n) is 4.79. The molecule has 0 fully saturated rings. The standard InChI is InChI=1S/C19H23NO2S/c1-5-10-18(6-2)23-19(15(3)20-22-4)14-17(21)13-16-11-8-7-9-12-16/h5-12,14H,13H2,1-4H3/b10-5-,18-6+,19-14-,20-15-. The Morgan fingerprint density at radius 1 is 1.26 bits per heavy atom. The lowest BCUT2D eigenvalue weighted by Crippen LogP contribution is -2.03. The molecule has 0 N–H and O–H groups in total. The van der Waals surface area contributed by atoms with Crippen molar-refractivity contribution in [1.29, 1.82) is 0 Å². The molecule has 3 nitrogen and oxygen atoms in total. The molecule has 0 spiro atoms. The number of ketones is 1. The molecule has 0 radical (unpaired) electrons. The first kappa shape index (κ1) is 19.0. The van der Waals surface area contributed by atoms with E-state index in [1.165, 1.54) is 18.9 Å². The van der Waals surface area contributed by atoms with Crippen LogP contribution in [0.15, 0.2) is 69.6 Å². The van der Waals surface area contributed by atoms with Gasteiger partial charge in [-0.3, -0.25) is 4.79 Å². The molecule has 0 amide bonds. The van der Waals surface area contributed by atoms with Crippen molar-refractivity contribution >= 4 is 23.3 Å². The number of carbonyl (C=O) groups excluding carboxylic acids is 1. The third kappa shape index (κ3) is 7.15. The lowest BCUT2D eigenvalue weighted by molar-refractivity contribution is -0.114. The van der Waals surface area contributed by atoms with E-state index < -0.39 is 0 Å². The van der Waals surface area contributed by atoms with Crippen molar-refractivity contribution in [2.45, 2.75) is 27.2 Å². The number of carbonyl (C=O) groups is 1. The van der Waals surface area contributed by atoms with Gasteiger partial charge in [0.25, 0.3) is 0 Å². The van der Waals surface area contributed by atoms with E-state index in [1.807, 2.05) is 69.3 Å². The summed E-state index contributed by atoms with van der Waals surface area (Å²) in [4.78, 5) is 19.0. The summed E-state index contributed by atoms with van der Waals surface area (Å²) in [6, 6.07) is 9.71. The zero-order valence-corrected chi connectivity index (χ0v) is 14.9. The van der Waals surface area contributed by atoms with Crippen LogP contribution >= 0.6 is 11.8 Å². The molecule has 0 aliphatic carbocycles.